The third kappa shape index (κ3) is 4.64. The Bertz CT molecular complexity index is 899. The van der Waals surface area contributed by atoms with Crippen molar-refractivity contribution < 1.29 is 4.70 Å². The molecular formula is C28H36N2. The number of allylic oxidation sites excluding steroid dienone is 2. The van der Waals surface area contributed by atoms with Crippen LogP contribution in [-0.2, 0) is 0 Å². The molecule has 1 aliphatic heterocycles. The monoisotopic (exact) mass is 400 g/mol. The Hall–Kier alpha value is -2.48. The Morgan fingerprint density at radius 1 is 0.600 bits per heavy atom. The van der Waals surface area contributed by atoms with Crippen LogP contribution in [0, 0.1) is 27.7 Å². The maximum Gasteiger partial charge on any atom is 0.211 e. The molecule has 0 N–H and O–H groups in total. The molecule has 0 amide bonds. The largest absolute Gasteiger partial charge is 0.493 e. The van der Waals surface area contributed by atoms with E-state index >= 15 is 0 Å². The molecule has 0 spiro atoms. The number of nitrogens with zero attached hydrogens (tertiary/aromatic N) is 2. The zero-order valence-corrected chi connectivity index (χ0v) is 19.6. The van der Waals surface area contributed by atoms with E-state index in [2.05, 4.69) is 77.9 Å². The summed E-state index contributed by atoms with van der Waals surface area (Å²) >= 11 is 0. The fraction of sp³-hybridized carbons (Fsp3) is 0.429. The van der Waals surface area contributed by atoms with Gasteiger partial charge in [-0.2, -0.15) is 0 Å². The van der Waals surface area contributed by atoms with E-state index in [1.54, 1.807) is 0 Å². The summed E-state index contributed by atoms with van der Waals surface area (Å²) < 4.78 is 1.50. The van der Waals surface area contributed by atoms with Crippen LogP contribution in [0.3, 0.4) is 0 Å². The molecule has 0 fully saturated rings. The lowest BCUT2D eigenvalue weighted by molar-refractivity contribution is -0.345. The van der Waals surface area contributed by atoms with Gasteiger partial charge in [-0.15, -0.1) is 0 Å². The van der Waals surface area contributed by atoms with Crippen LogP contribution >= 0.6 is 0 Å². The highest BCUT2D eigenvalue weighted by atomic mass is 15.2. The van der Waals surface area contributed by atoms with Crippen molar-refractivity contribution in [3.8, 4) is 0 Å². The molecule has 2 heteroatoms. The van der Waals surface area contributed by atoms with Gasteiger partial charge < -0.3 is 5.53 Å². The van der Waals surface area contributed by atoms with Crippen LogP contribution in [0.1, 0.15) is 85.8 Å². The van der Waals surface area contributed by atoms with Crippen LogP contribution in [0.15, 0.2) is 47.5 Å². The first-order valence-corrected chi connectivity index (χ1v) is 11.5. The van der Waals surface area contributed by atoms with E-state index in [1.165, 1.54) is 38.1 Å². The highest BCUT2D eigenvalue weighted by Gasteiger charge is 2.35. The summed E-state index contributed by atoms with van der Waals surface area (Å²) in [6.07, 6.45) is 6.57. The molecule has 2 aromatic carbocycles. The van der Waals surface area contributed by atoms with Gasteiger partial charge in [0, 0.05) is 22.3 Å². The van der Waals surface area contributed by atoms with Crippen molar-refractivity contribution >= 4 is 11.4 Å². The molecule has 0 saturated heterocycles. The molecule has 2 nitrogen and oxygen atoms in total. The first kappa shape index (κ1) is 22.2. The van der Waals surface area contributed by atoms with Crippen molar-refractivity contribution in [3.63, 3.8) is 0 Å². The Morgan fingerprint density at radius 3 is 1.23 bits per heavy atom. The van der Waals surface area contributed by atoms with Gasteiger partial charge in [0.2, 0.25) is 11.4 Å². The van der Waals surface area contributed by atoms with Crippen LogP contribution in [0.2, 0.25) is 0 Å². The van der Waals surface area contributed by atoms with Gasteiger partial charge in [0.05, 0.1) is 0 Å². The Morgan fingerprint density at radius 2 is 0.933 bits per heavy atom. The summed E-state index contributed by atoms with van der Waals surface area (Å²) in [4.78, 5) is 0. The van der Waals surface area contributed by atoms with Crippen LogP contribution < -0.4 is 0 Å². The first-order chi connectivity index (χ1) is 14.3. The Balaban J connectivity index is 2.24. The van der Waals surface area contributed by atoms with Crippen molar-refractivity contribution in [3.05, 3.63) is 86.5 Å². The van der Waals surface area contributed by atoms with E-state index in [0.29, 0.717) is 0 Å². The average Bonchev–Trinajstić information content (AvgIpc) is 2.94. The number of benzene rings is 2. The molecule has 158 valence electrons. The summed E-state index contributed by atoms with van der Waals surface area (Å²) in [6.45, 7) is 13.0. The lowest BCUT2D eigenvalue weighted by Gasteiger charge is -2.12. The summed E-state index contributed by atoms with van der Waals surface area (Å²) in [5, 5.41) is 0. The predicted octanol–water partition coefficient (Wildman–Crippen LogP) is 8.47. The average molecular weight is 401 g/mol. The minimum Gasteiger partial charge on any atom is -0.493 e. The van der Waals surface area contributed by atoms with Gasteiger partial charge in [-0.1, -0.05) is 61.1 Å². The summed E-state index contributed by atoms with van der Waals surface area (Å²) in [6, 6.07) is 13.2. The number of hydrogen-bond donors (Lipinski definition) is 0. The van der Waals surface area contributed by atoms with E-state index in [1.807, 2.05) is 0 Å². The normalized spacial score (nSPS) is 14.3. The predicted molar refractivity (Wildman–Crippen MR) is 128 cm³/mol. The van der Waals surface area contributed by atoms with Gasteiger partial charge in [-0.05, 0) is 77.6 Å². The maximum absolute atomic E-state index is 11.6. The van der Waals surface area contributed by atoms with Gasteiger partial charge in [-0.25, -0.2) is 4.70 Å². The smallest absolute Gasteiger partial charge is 0.211 e. The summed E-state index contributed by atoms with van der Waals surface area (Å²) in [5.74, 6) is 0. The van der Waals surface area contributed by atoms with Gasteiger partial charge in [0.1, 0.15) is 0 Å². The van der Waals surface area contributed by atoms with Crippen molar-refractivity contribution in [1.82, 2.24) is 0 Å². The van der Waals surface area contributed by atoms with Crippen LogP contribution in [0.25, 0.3) is 16.9 Å². The second kappa shape index (κ2) is 9.55. The zero-order chi connectivity index (χ0) is 21.8. The van der Waals surface area contributed by atoms with Gasteiger partial charge >= 0.3 is 0 Å². The minimum atomic E-state index is 0.982. The molecule has 1 aliphatic rings. The van der Waals surface area contributed by atoms with Gasteiger partial charge in [-0.3, -0.25) is 0 Å². The van der Waals surface area contributed by atoms with E-state index < -0.39 is 0 Å². The topological polar surface area (TPSA) is 25.3 Å². The van der Waals surface area contributed by atoms with E-state index in [0.717, 1.165) is 61.0 Å². The lowest BCUT2D eigenvalue weighted by atomic mass is 9.91. The van der Waals surface area contributed by atoms with Crippen LogP contribution in [0.5, 0.6) is 0 Å². The fourth-order valence-electron chi connectivity index (χ4n) is 4.71. The summed E-state index contributed by atoms with van der Waals surface area (Å²) in [5.41, 5.74) is 23.4. The highest BCUT2D eigenvalue weighted by Crippen LogP contribution is 2.44. The molecule has 30 heavy (non-hydrogen) atoms. The molecule has 1 heterocycles. The quantitative estimate of drug-likeness (QED) is 0.397. The van der Waals surface area contributed by atoms with Crippen molar-refractivity contribution in [1.29, 1.82) is 0 Å². The molecule has 0 atom stereocenters. The van der Waals surface area contributed by atoms with Gasteiger partial charge in [0.25, 0.3) is 0 Å². The molecule has 0 bridgehead atoms. The van der Waals surface area contributed by atoms with E-state index in [-0.39, 0.29) is 0 Å². The first-order valence-electron chi connectivity index (χ1n) is 11.5. The van der Waals surface area contributed by atoms with E-state index in [4.69, 9.17) is 0 Å². The van der Waals surface area contributed by atoms with Crippen molar-refractivity contribution in [2.24, 2.45) is 0 Å². The standard InChI is InChI=1S/C28H36N2/c1-7-9-11-25-26(12-10-8-2)28(24-17-21(5)14-22(6)18-24)30(29)27(25)23-15-19(3)13-20(4)16-23/h13-18H,7-12H2,1-6H3. The van der Waals surface area contributed by atoms with Crippen LogP contribution in [-0.4, -0.2) is 4.70 Å². The molecule has 0 saturated carbocycles. The van der Waals surface area contributed by atoms with Crippen molar-refractivity contribution in [2.75, 3.05) is 0 Å². The Kier molecular flexibility index (Phi) is 7.07. The third-order valence-corrected chi connectivity index (χ3v) is 5.91. The molecule has 3 rings (SSSR count). The third-order valence-electron chi connectivity index (χ3n) is 5.91. The number of hydrogen-bond acceptors (Lipinski definition) is 0. The summed E-state index contributed by atoms with van der Waals surface area (Å²) in [7, 11) is 0. The second-order valence-corrected chi connectivity index (χ2v) is 8.93. The molecule has 2 aromatic rings. The molecule has 0 radical (unpaired) electrons. The lowest BCUT2D eigenvalue weighted by Crippen LogP contribution is -2.03. The minimum absolute atomic E-state index is 0.982. The van der Waals surface area contributed by atoms with E-state index in [9.17, 15) is 5.53 Å². The molecule has 0 aromatic heterocycles. The highest BCUT2D eigenvalue weighted by molar-refractivity contribution is 5.82. The second-order valence-electron chi connectivity index (χ2n) is 8.93. The molecular weight excluding hydrogens is 364 g/mol. The number of aryl methyl sites for hydroxylation is 4. The Labute approximate surface area is 182 Å². The van der Waals surface area contributed by atoms with Crippen LogP contribution in [0.4, 0.5) is 0 Å². The fourth-order valence-corrected chi connectivity index (χ4v) is 4.71. The number of rotatable bonds is 8. The van der Waals surface area contributed by atoms with Gasteiger partial charge in [0.15, 0.2) is 0 Å². The number of unbranched alkanes of at least 4 members (excludes halogenated alkanes) is 2. The molecule has 0 aliphatic carbocycles. The zero-order valence-electron chi connectivity index (χ0n) is 19.6. The SMILES string of the molecule is CCCCC1=C(c2cc(C)cc(C)c2)[N+](=[N-])C(c2cc(C)cc(C)c2)=C1CCCC. The maximum atomic E-state index is 11.6. The molecule has 0 unspecified atom stereocenters. The van der Waals surface area contributed by atoms with Crippen molar-refractivity contribution in [2.45, 2.75) is 80.1 Å².